The van der Waals surface area contributed by atoms with Crippen LogP contribution in [0.2, 0.25) is 5.02 Å². The van der Waals surface area contributed by atoms with Crippen LogP contribution in [0.15, 0.2) is 47.4 Å². The maximum atomic E-state index is 12.7. The highest BCUT2D eigenvalue weighted by molar-refractivity contribution is 7.89. The van der Waals surface area contributed by atoms with Crippen LogP contribution in [0.5, 0.6) is 5.75 Å². The van der Waals surface area contributed by atoms with Crippen LogP contribution in [0.4, 0.5) is 0 Å². The van der Waals surface area contributed by atoms with Crippen molar-refractivity contribution >= 4 is 21.6 Å². The highest BCUT2D eigenvalue weighted by Gasteiger charge is 2.21. The molecule has 0 aromatic heterocycles. The number of nitrogens with one attached hydrogen (secondary N) is 1. The molecule has 0 atom stereocenters. The molecular weight excluding hydrogens is 372 g/mol. The molecule has 1 aliphatic rings. The normalized spacial score (nSPS) is 15.3. The number of methoxy groups -OCH3 is 1. The van der Waals surface area contributed by atoms with Gasteiger partial charge in [-0.25, -0.2) is 13.1 Å². The summed E-state index contributed by atoms with van der Waals surface area (Å²) in [6.45, 7) is 3.26. The minimum atomic E-state index is -3.74. The molecule has 1 aliphatic heterocycles. The van der Waals surface area contributed by atoms with E-state index in [2.05, 4.69) is 15.7 Å². The molecule has 0 unspecified atom stereocenters. The topological polar surface area (TPSA) is 58.6 Å². The van der Waals surface area contributed by atoms with Crippen LogP contribution in [0, 0.1) is 0 Å². The summed E-state index contributed by atoms with van der Waals surface area (Å²) in [7, 11) is -2.30. The van der Waals surface area contributed by atoms with E-state index in [9.17, 15) is 8.42 Å². The molecule has 140 valence electrons. The van der Waals surface area contributed by atoms with Crippen LogP contribution in [0.25, 0.3) is 0 Å². The Labute approximate surface area is 160 Å². The summed E-state index contributed by atoms with van der Waals surface area (Å²) in [5, 5.41) is 0.348. The fraction of sp³-hybridized carbons (Fsp3) is 0.368. The summed E-state index contributed by atoms with van der Waals surface area (Å²) < 4.78 is 33.3. The Bertz CT molecular complexity index is 865. The van der Waals surface area contributed by atoms with Crippen LogP contribution in [0.1, 0.15) is 24.0 Å². The third-order valence-electron chi connectivity index (χ3n) is 4.58. The monoisotopic (exact) mass is 394 g/mol. The van der Waals surface area contributed by atoms with Gasteiger partial charge in [-0.1, -0.05) is 35.9 Å². The van der Waals surface area contributed by atoms with Gasteiger partial charge in [0.15, 0.2) is 0 Å². The van der Waals surface area contributed by atoms with Crippen LogP contribution in [-0.4, -0.2) is 33.5 Å². The van der Waals surface area contributed by atoms with Gasteiger partial charge in [-0.3, -0.25) is 4.90 Å². The molecule has 0 spiro atoms. The van der Waals surface area contributed by atoms with Gasteiger partial charge in [0.1, 0.15) is 10.6 Å². The molecular formula is C19H23ClN2O3S. The van der Waals surface area contributed by atoms with E-state index in [-0.39, 0.29) is 17.2 Å². The summed E-state index contributed by atoms with van der Waals surface area (Å²) >= 11 is 5.96. The first-order valence-electron chi connectivity index (χ1n) is 8.62. The van der Waals surface area contributed by atoms with Crippen LogP contribution < -0.4 is 9.46 Å². The lowest BCUT2D eigenvalue weighted by Crippen LogP contribution is -2.25. The van der Waals surface area contributed by atoms with Crippen molar-refractivity contribution in [1.29, 1.82) is 0 Å². The Morgan fingerprint density at radius 3 is 2.50 bits per heavy atom. The molecule has 0 amide bonds. The fourth-order valence-corrected chi connectivity index (χ4v) is 4.61. The first kappa shape index (κ1) is 19.2. The van der Waals surface area contributed by atoms with Crippen molar-refractivity contribution in [1.82, 2.24) is 9.62 Å². The molecule has 2 aromatic carbocycles. The highest BCUT2D eigenvalue weighted by atomic mass is 35.5. The van der Waals surface area contributed by atoms with E-state index < -0.39 is 10.0 Å². The number of sulfonamides is 1. The van der Waals surface area contributed by atoms with Gasteiger partial charge >= 0.3 is 0 Å². The molecule has 3 rings (SSSR count). The zero-order valence-corrected chi connectivity index (χ0v) is 16.3. The van der Waals surface area contributed by atoms with E-state index >= 15 is 0 Å². The van der Waals surface area contributed by atoms with E-state index in [0.29, 0.717) is 5.02 Å². The second kappa shape index (κ2) is 8.39. The molecule has 2 aromatic rings. The predicted molar refractivity (Wildman–Crippen MR) is 103 cm³/mol. The number of benzene rings is 2. The first-order valence-corrected chi connectivity index (χ1v) is 10.5. The Hall–Kier alpha value is -1.60. The number of hydrogen-bond donors (Lipinski definition) is 1. The van der Waals surface area contributed by atoms with Crippen molar-refractivity contribution in [3.63, 3.8) is 0 Å². The number of likely N-dealkylation sites (tertiary alicyclic amines) is 1. The second-order valence-corrected chi connectivity index (χ2v) is 8.54. The second-order valence-electron chi connectivity index (χ2n) is 6.37. The summed E-state index contributed by atoms with van der Waals surface area (Å²) in [6.07, 6.45) is 2.45. The van der Waals surface area contributed by atoms with E-state index in [1.54, 1.807) is 12.1 Å². The quantitative estimate of drug-likeness (QED) is 0.781. The van der Waals surface area contributed by atoms with Crippen molar-refractivity contribution in [3.8, 4) is 5.75 Å². The van der Waals surface area contributed by atoms with E-state index in [1.165, 1.54) is 26.0 Å². The maximum absolute atomic E-state index is 12.7. The minimum Gasteiger partial charge on any atom is -0.495 e. The summed E-state index contributed by atoms with van der Waals surface area (Å²) in [6, 6.07) is 12.5. The third-order valence-corrected chi connectivity index (χ3v) is 6.24. The molecule has 0 saturated carbocycles. The van der Waals surface area contributed by atoms with Gasteiger partial charge in [0, 0.05) is 18.1 Å². The van der Waals surface area contributed by atoms with Crippen LogP contribution in [0.3, 0.4) is 0 Å². The van der Waals surface area contributed by atoms with Gasteiger partial charge in [-0.2, -0.15) is 0 Å². The lowest BCUT2D eigenvalue weighted by molar-refractivity contribution is 0.330. The molecule has 1 heterocycles. The smallest absolute Gasteiger partial charge is 0.244 e. The molecule has 0 radical (unpaired) electrons. The molecule has 0 aliphatic carbocycles. The summed E-state index contributed by atoms with van der Waals surface area (Å²) in [5.74, 6) is 0.271. The number of hydrogen-bond acceptors (Lipinski definition) is 4. The number of nitrogens with zero attached hydrogens (tertiary/aromatic N) is 1. The Balaban J connectivity index is 1.77. The largest absolute Gasteiger partial charge is 0.495 e. The Morgan fingerprint density at radius 1 is 1.12 bits per heavy atom. The van der Waals surface area contributed by atoms with Crippen molar-refractivity contribution in [2.75, 3.05) is 20.2 Å². The van der Waals surface area contributed by atoms with E-state index in [0.717, 1.165) is 30.8 Å². The molecule has 1 N–H and O–H groups in total. The van der Waals surface area contributed by atoms with Gasteiger partial charge < -0.3 is 4.74 Å². The number of ether oxygens (including phenoxy) is 1. The highest BCUT2D eigenvalue weighted by Crippen LogP contribution is 2.27. The van der Waals surface area contributed by atoms with E-state index in [1.807, 2.05) is 18.2 Å². The Kier molecular flexibility index (Phi) is 6.19. The fourth-order valence-electron chi connectivity index (χ4n) is 3.18. The van der Waals surface area contributed by atoms with Crippen LogP contribution in [-0.2, 0) is 23.1 Å². The van der Waals surface area contributed by atoms with Gasteiger partial charge in [0.25, 0.3) is 0 Å². The van der Waals surface area contributed by atoms with Crippen molar-refractivity contribution in [2.45, 2.75) is 30.8 Å². The summed E-state index contributed by atoms with van der Waals surface area (Å²) in [5.41, 5.74) is 2.12. The van der Waals surface area contributed by atoms with Gasteiger partial charge in [0.2, 0.25) is 10.0 Å². The lowest BCUT2D eigenvalue weighted by atomic mass is 10.1. The van der Waals surface area contributed by atoms with Gasteiger partial charge in [-0.15, -0.1) is 0 Å². The third kappa shape index (κ3) is 4.57. The molecule has 5 nitrogen and oxygen atoms in total. The number of rotatable bonds is 7. The van der Waals surface area contributed by atoms with E-state index in [4.69, 9.17) is 16.3 Å². The molecule has 1 fully saturated rings. The predicted octanol–water partition coefficient (Wildman–Crippen LogP) is 3.42. The summed E-state index contributed by atoms with van der Waals surface area (Å²) in [4.78, 5) is 2.44. The average molecular weight is 395 g/mol. The zero-order valence-electron chi connectivity index (χ0n) is 14.7. The van der Waals surface area contributed by atoms with Crippen LogP contribution >= 0.6 is 11.6 Å². The van der Waals surface area contributed by atoms with Gasteiger partial charge in [-0.05, 0) is 55.3 Å². The molecule has 26 heavy (non-hydrogen) atoms. The Morgan fingerprint density at radius 2 is 1.81 bits per heavy atom. The van der Waals surface area contributed by atoms with Crippen molar-refractivity contribution in [3.05, 3.63) is 58.6 Å². The first-order chi connectivity index (χ1) is 12.5. The van der Waals surface area contributed by atoms with Crippen molar-refractivity contribution in [2.24, 2.45) is 0 Å². The zero-order chi connectivity index (χ0) is 18.6. The average Bonchev–Trinajstić information content (AvgIpc) is 3.14. The molecule has 0 bridgehead atoms. The van der Waals surface area contributed by atoms with Crippen molar-refractivity contribution < 1.29 is 13.2 Å². The minimum absolute atomic E-state index is 0.0459. The SMILES string of the molecule is COc1ccc(Cl)cc1S(=O)(=O)NCc1ccccc1CN1CCCC1. The molecule has 7 heteroatoms. The maximum Gasteiger partial charge on any atom is 0.244 e. The lowest BCUT2D eigenvalue weighted by Gasteiger charge is -2.18. The standard InChI is InChI=1S/C19H23ClN2O3S/c1-25-18-9-8-17(20)12-19(18)26(23,24)21-13-15-6-2-3-7-16(15)14-22-10-4-5-11-22/h2-3,6-9,12,21H,4-5,10-11,13-14H2,1H3. The molecule has 1 saturated heterocycles. The van der Waals surface area contributed by atoms with Gasteiger partial charge in [0.05, 0.1) is 7.11 Å². The number of halogens is 1.